The Kier molecular flexibility index (Phi) is 2.94. The van der Waals surface area contributed by atoms with Crippen molar-refractivity contribution < 1.29 is 4.79 Å². The molecule has 76 valence electrons. The molecule has 0 saturated heterocycles. The van der Waals surface area contributed by atoms with Gasteiger partial charge in [0.15, 0.2) is 0 Å². The standard InChI is InChI=1S/C12H17NO/c1-12(2,11(14)13(3)4)10-8-6-5-7-9-10/h5-9H,1-4H3. The lowest BCUT2D eigenvalue weighted by atomic mass is 9.83. The monoisotopic (exact) mass is 191 g/mol. The van der Waals surface area contributed by atoms with Gasteiger partial charge in [-0.2, -0.15) is 0 Å². The molecule has 0 unspecified atom stereocenters. The molecule has 1 amide bonds. The summed E-state index contributed by atoms with van der Waals surface area (Å²) in [6.45, 7) is 3.90. The Hall–Kier alpha value is -1.31. The number of nitrogens with zero attached hydrogens (tertiary/aromatic N) is 1. The summed E-state index contributed by atoms with van der Waals surface area (Å²) in [6.07, 6.45) is 0. The van der Waals surface area contributed by atoms with Crippen LogP contribution in [-0.2, 0) is 10.2 Å². The normalized spacial score (nSPS) is 11.1. The van der Waals surface area contributed by atoms with E-state index < -0.39 is 5.41 Å². The second-order valence-corrected chi connectivity index (χ2v) is 4.19. The van der Waals surface area contributed by atoms with Crippen molar-refractivity contribution >= 4 is 5.91 Å². The Morgan fingerprint density at radius 3 is 2.07 bits per heavy atom. The first-order valence-electron chi connectivity index (χ1n) is 4.73. The zero-order valence-electron chi connectivity index (χ0n) is 9.24. The van der Waals surface area contributed by atoms with Crippen LogP contribution in [0.3, 0.4) is 0 Å². The van der Waals surface area contributed by atoms with Crippen LogP contribution < -0.4 is 0 Å². The Labute approximate surface area is 85.5 Å². The third kappa shape index (κ3) is 1.95. The number of benzene rings is 1. The molecule has 1 aromatic rings. The number of amides is 1. The third-order valence-corrected chi connectivity index (χ3v) is 2.44. The van der Waals surface area contributed by atoms with Gasteiger partial charge in [0.25, 0.3) is 0 Å². The van der Waals surface area contributed by atoms with Crippen molar-refractivity contribution in [2.24, 2.45) is 0 Å². The quantitative estimate of drug-likeness (QED) is 0.700. The highest BCUT2D eigenvalue weighted by molar-refractivity contribution is 5.86. The topological polar surface area (TPSA) is 20.3 Å². The third-order valence-electron chi connectivity index (χ3n) is 2.44. The van der Waals surface area contributed by atoms with Gasteiger partial charge >= 0.3 is 0 Å². The van der Waals surface area contributed by atoms with E-state index >= 15 is 0 Å². The molecule has 0 atom stereocenters. The fraction of sp³-hybridized carbons (Fsp3) is 0.417. The molecule has 14 heavy (non-hydrogen) atoms. The van der Waals surface area contributed by atoms with Gasteiger partial charge in [0, 0.05) is 14.1 Å². The predicted molar refractivity (Wildman–Crippen MR) is 58.2 cm³/mol. The van der Waals surface area contributed by atoms with Crippen molar-refractivity contribution in [3.8, 4) is 0 Å². The molecule has 0 radical (unpaired) electrons. The van der Waals surface area contributed by atoms with Crippen molar-refractivity contribution in [2.45, 2.75) is 19.3 Å². The van der Waals surface area contributed by atoms with E-state index in [1.54, 1.807) is 19.0 Å². The maximum atomic E-state index is 11.9. The van der Waals surface area contributed by atoms with Gasteiger partial charge in [0.1, 0.15) is 0 Å². The van der Waals surface area contributed by atoms with Gasteiger partial charge in [-0.05, 0) is 19.4 Å². The van der Waals surface area contributed by atoms with Crippen molar-refractivity contribution in [3.05, 3.63) is 35.9 Å². The highest BCUT2D eigenvalue weighted by atomic mass is 16.2. The molecule has 0 aromatic heterocycles. The summed E-state index contributed by atoms with van der Waals surface area (Å²) >= 11 is 0. The Bertz CT molecular complexity index is 314. The lowest BCUT2D eigenvalue weighted by Crippen LogP contribution is -2.39. The molecule has 0 fully saturated rings. The first-order chi connectivity index (χ1) is 6.46. The highest BCUT2D eigenvalue weighted by Crippen LogP contribution is 2.24. The number of likely N-dealkylation sites (N-methyl/N-ethyl adjacent to an activating group) is 1. The molecule has 0 aliphatic heterocycles. The Morgan fingerprint density at radius 2 is 1.64 bits per heavy atom. The summed E-state index contributed by atoms with van der Waals surface area (Å²) in [5.74, 6) is 0.128. The van der Waals surface area contributed by atoms with Crippen LogP contribution >= 0.6 is 0 Å². The number of hydrogen-bond donors (Lipinski definition) is 0. The lowest BCUT2D eigenvalue weighted by Gasteiger charge is -2.27. The molecule has 2 heteroatoms. The van der Waals surface area contributed by atoms with E-state index in [1.807, 2.05) is 44.2 Å². The summed E-state index contributed by atoms with van der Waals surface area (Å²) in [5.41, 5.74) is 0.615. The number of carbonyl (C=O) groups excluding carboxylic acids is 1. The number of hydrogen-bond acceptors (Lipinski definition) is 1. The summed E-state index contributed by atoms with van der Waals surface area (Å²) in [5, 5.41) is 0. The molecule has 0 aliphatic carbocycles. The largest absolute Gasteiger partial charge is 0.348 e. The van der Waals surface area contributed by atoms with Crippen LogP contribution in [0.1, 0.15) is 19.4 Å². The molecule has 2 nitrogen and oxygen atoms in total. The lowest BCUT2D eigenvalue weighted by molar-refractivity contribution is -0.133. The Morgan fingerprint density at radius 1 is 1.14 bits per heavy atom. The first-order valence-corrected chi connectivity index (χ1v) is 4.73. The Balaban J connectivity index is 3.02. The highest BCUT2D eigenvalue weighted by Gasteiger charge is 2.30. The molecule has 0 bridgehead atoms. The van der Waals surface area contributed by atoms with Gasteiger partial charge in [-0.1, -0.05) is 30.3 Å². The van der Waals surface area contributed by atoms with Crippen molar-refractivity contribution in [1.82, 2.24) is 4.90 Å². The van der Waals surface area contributed by atoms with E-state index in [2.05, 4.69) is 0 Å². The van der Waals surface area contributed by atoms with Crippen LogP contribution in [-0.4, -0.2) is 24.9 Å². The molecule has 0 aliphatic rings. The van der Waals surface area contributed by atoms with Crippen LogP contribution in [0.15, 0.2) is 30.3 Å². The second kappa shape index (κ2) is 3.82. The zero-order chi connectivity index (χ0) is 10.8. The molecule has 0 heterocycles. The van der Waals surface area contributed by atoms with Gasteiger partial charge in [0.2, 0.25) is 5.91 Å². The minimum Gasteiger partial charge on any atom is -0.348 e. The fourth-order valence-corrected chi connectivity index (χ4v) is 1.54. The summed E-state index contributed by atoms with van der Waals surface area (Å²) in [7, 11) is 3.57. The van der Waals surface area contributed by atoms with E-state index in [9.17, 15) is 4.79 Å². The van der Waals surface area contributed by atoms with Gasteiger partial charge in [0.05, 0.1) is 5.41 Å². The first kappa shape index (κ1) is 10.8. The number of rotatable bonds is 2. The van der Waals surface area contributed by atoms with Crippen LogP contribution in [0.25, 0.3) is 0 Å². The van der Waals surface area contributed by atoms with Gasteiger partial charge < -0.3 is 4.90 Å². The predicted octanol–water partition coefficient (Wildman–Crippen LogP) is 2.05. The molecule has 0 saturated carbocycles. The smallest absolute Gasteiger partial charge is 0.232 e. The van der Waals surface area contributed by atoms with Crippen LogP contribution in [0.5, 0.6) is 0 Å². The van der Waals surface area contributed by atoms with Gasteiger partial charge in [-0.15, -0.1) is 0 Å². The fourth-order valence-electron chi connectivity index (χ4n) is 1.54. The second-order valence-electron chi connectivity index (χ2n) is 4.19. The number of carbonyl (C=O) groups is 1. The maximum Gasteiger partial charge on any atom is 0.232 e. The SMILES string of the molecule is CN(C)C(=O)C(C)(C)c1ccccc1. The minimum atomic E-state index is -0.440. The van der Waals surface area contributed by atoms with E-state index in [4.69, 9.17) is 0 Å². The van der Waals surface area contributed by atoms with E-state index in [1.165, 1.54) is 0 Å². The molecule has 0 spiro atoms. The van der Waals surface area contributed by atoms with E-state index in [-0.39, 0.29) is 5.91 Å². The van der Waals surface area contributed by atoms with Gasteiger partial charge in [-0.3, -0.25) is 4.79 Å². The van der Waals surface area contributed by atoms with Crippen LogP contribution in [0.2, 0.25) is 0 Å². The molecule has 1 rings (SSSR count). The maximum absolute atomic E-state index is 11.9. The minimum absolute atomic E-state index is 0.128. The molecular weight excluding hydrogens is 174 g/mol. The van der Waals surface area contributed by atoms with Crippen molar-refractivity contribution in [3.63, 3.8) is 0 Å². The summed E-state index contributed by atoms with van der Waals surface area (Å²) in [6, 6.07) is 9.85. The zero-order valence-corrected chi connectivity index (χ0v) is 9.24. The van der Waals surface area contributed by atoms with Gasteiger partial charge in [-0.25, -0.2) is 0 Å². The van der Waals surface area contributed by atoms with Crippen molar-refractivity contribution in [2.75, 3.05) is 14.1 Å². The van der Waals surface area contributed by atoms with Crippen molar-refractivity contribution in [1.29, 1.82) is 0 Å². The summed E-state index contributed by atoms with van der Waals surface area (Å²) in [4.78, 5) is 13.5. The molecule has 0 N–H and O–H groups in total. The summed E-state index contributed by atoms with van der Waals surface area (Å²) < 4.78 is 0. The van der Waals surface area contributed by atoms with Crippen LogP contribution in [0, 0.1) is 0 Å². The average Bonchev–Trinajstić information content (AvgIpc) is 2.18. The average molecular weight is 191 g/mol. The molecular formula is C12H17NO. The van der Waals surface area contributed by atoms with Crippen LogP contribution in [0.4, 0.5) is 0 Å². The molecule has 1 aromatic carbocycles. The van der Waals surface area contributed by atoms with E-state index in [0.29, 0.717) is 0 Å². The van der Waals surface area contributed by atoms with E-state index in [0.717, 1.165) is 5.56 Å².